The molecule has 0 aliphatic carbocycles. The van der Waals surface area contributed by atoms with Crippen LogP contribution in [-0.2, 0) is 4.79 Å². The standard InChI is InChI=1S/C9H8BrClN4O/c10-8-6(3-12)9(14-13-8)15-4-5(2-11)1-7(15)16/h5H,1-2,4H2,(H,13,14). The van der Waals surface area contributed by atoms with E-state index in [2.05, 4.69) is 26.1 Å². The number of carbonyl (C=O) groups excluding carboxylic acids is 1. The van der Waals surface area contributed by atoms with Crippen LogP contribution >= 0.6 is 27.5 Å². The molecule has 1 N–H and O–H groups in total. The zero-order valence-electron chi connectivity index (χ0n) is 8.20. The normalized spacial score (nSPS) is 20.2. The molecule has 1 aromatic heterocycles. The number of carbonyl (C=O) groups is 1. The van der Waals surface area contributed by atoms with Crippen molar-refractivity contribution in [1.82, 2.24) is 10.2 Å². The van der Waals surface area contributed by atoms with Gasteiger partial charge in [-0.2, -0.15) is 10.4 Å². The molecule has 2 rings (SSSR count). The van der Waals surface area contributed by atoms with Gasteiger partial charge in [-0.05, 0) is 21.8 Å². The molecule has 84 valence electrons. The molecular formula is C9H8BrClN4O. The average Bonchev–Trinajstić information content (AvgIpc) is 2.81. The van der Waals surface area contributed by atoms with E-state index in [4.69, 9.17) is 16.9 Å². The van der Waals surface area contributed by atoms with Crippen LogP contribution in [0.15, 0.2) is 4.60 Å². The first kappa shape index (κ1) is 11.4. The highest BCUT2D eigenvalue weighted by Gasteiger charge is 2.33. The van der Waals surface area contributed by atoms with Crippen LogP contribution in [-0.4, -0.2) is 28.5 Å². The third-order valence-electron chi connectivity index (χ3n) is 2.49. The minimum Gasteiger partial charge on any atom is -0.294 e. The molecule has 1 aliphatic rings. The molecule has 16 heavy (non-hydrogen) atoms. The Labute approximate surface area is 105 Å². The van der Waals surface area contributed by atoms with Crippen LogP contribution in [0.1, 0.15) is 12.0 Å². The van der Waals surface area contributed by atoms with E-state index in [1.807, 2.05) is 6.07 Å². The number of aromatic amines is 1. The molecule has 1 aliphatic heterocycles. The number of H-pyrrole nitrogens is 1. The lowest BCUT2D eigenvalue weighted by atomic mass is 10.1. The van der Waals surface area contributed by atoms with Gasteiger partial charge in [-0.3, -0.25) is 14.8 Å². The lowest BCUT2D eigenvalue weighted by molar-refractivity contribution is -0.117. The van der Waals surface area contributed by atoms with Crippen molar-refractivity contribution in [1.29, 1.82) is 5.26 Å². The fraction of sp³-hybridized carbons (Fsp3) is 0.444. The molecule has 2 heterocycles. The Morgan fingerprint density at radius 3 is 3.06 bits per heavy atom. The second kappa shape index (κ2) is 4.44. The van der Waals surface area contributed by atoms with Gasteiger partial charge in [-0.15, -0.1) is 11.6 Å². The van der Waals surface area contributed by atoms with Crippen LogP contribution in [0.4, 0.5) is 5.82 Å². The van der Waals surface area contributed by atoms with Crippen LogP contribution in [0.2, 0.25) is 0 Å². The Kier molecular flexibility index (Phi) is 3.17. The third-order valence-corrected chi connectivity index (χ3v) is 3.50. The Morgan fingerprint density at radius 2 is 2.50 bits per heavy atom. The van der Waals surface area contributed by atoms with E-state index >= 15 is 0 Å². The van der Waals surface area contributed by atoms with E-state index < -0.39 is 0 Å². The Bertz CT molecular complexity index is 467. The van der Waals surface area contributed by atoms with Crippen molar-refractivity contribution < 1.29 is 4.79 Å². The molecule has 1 saturated heterocycles. The molecule has 1 atom stereocenters. The summed E-state index contributed by atoms with van der Waals surface area (Å²) in [7, 11) is 0. The van der Waals surface area contributed by atoms with Crippen molar-refractivity contribution >= 4 is 39.3 Å². The third kappa shape index (κ3) is 1.81. The molecule has 1 aromatic rings. The van der Waals surface area contributed by atoms with Crippen LogP contribution < -0.4 is 4.90 Å². The minimum absolute atomic E-state index is 0.0406. The second-order valence-corrected chi connectivity index (χ2v) is 4.68. The van der Waals surface area contributed by atoms with E-state index in [0.29, 0.717) is 34.8 Å². The summed E-state index contributed by atoms with van der Waals surface area (Å²) in [6.45, 7) is 0.522. The maximum absolute atomic E-state index is 11.7. The van der Waals surface area contributed by atoms with E-state index in [-0.39, 0.29) is 11.8 Å². The van der Waals surface area contributed by atoms with Crippen molar-refractivity contribution in [3.63, 3.8) is 0 Å². The van der Waals surface area contributed by atoms with E-state index in [1.54, 1.807) is 0 Å². The van der Waals surface area contributed by atoms with Gasteiger partial charge >= 0.3 is 0 Å². The summed E-state index contributed by atoms with van der Waals surface area (Å²) in [6.07, 6.45) is 0.416. The number of rotatable bonds is 2. The van der Waals surface area contributed by atoms with Gasteiger partial charge in [0.05, 0.1) is 0 Å². The number of nitrogens with one attached hydrogen (secondary N) is 1. The van der Waals surface area contributed by atoms with Gasteiger partial charge < -0.3 is 0 Å². The highest BCUT2D eigenvalue weighted by molar-refractivity contribution is 9.10. The quantitative estimate of drug-likeness (QED) is 0.844. The first-order chi connectivity index (χ1) is 7.67. The molecule has 0 spiro atoms. The van der Waals surface area contributed by atoms with Crippen LogP contribution in [0.5, 0.6) is 0 Å². The van der Waals surface area contributed by atoms with Crippen LogP contribution in [0, 0.1) is 17.2 Å². The number of alkyl halides is 1. The van der Waals surface area contributed by atoms with E-state index in [0.717, 1.165) is 0 Å². The monoisotopic (exact) mass is 302 g/mol. The largest absolute Gasteiger partial charge is 0.294 e. The topological polar surface area (TPSA) is 72.8 Å². The fourth-order valence-electron chi connectivity index (χ4n) is 1.70. The number of nitrogens with zero attached hydrogens (tertiary/aromatic N) is 3. The van der Waals surface area contributed by atoms with Crippen molar-refractivity contribution in [3.05, 3.63) is 10.2 Å². The van der Waals surface area contributed by atoms with Gasteiger partial charge in [0, 0.05) is 18.8 Å². The van der Waals surface area contributed by atoms with Crippen molar-refractivity contribution in [3.8, 4) is 6.07 Å². The maximum Gasteiger partial charge on any atom is 0.228 e. The smallest absolute Gasteiger partial charge is 0.228 e. The van der Waals surface area contributed by atoms with Gasteiger partial charge in [0.15, 0.2) is 5.82 Å². The summed E-state index contributed by atoms with van der Waals surface area (Å²) in [5.41, 5.74) is 0.351. The molecule has 1 amide bonds. The number of amides is 1. The second-order valence-electron chi connectivity index (χ2n) is 3.58. The predicted octanol–water partition coefficient (Wildman–Crippen LogP) is 1.64. The first-order valence-corrected chi connectivity index (χ1v) is 6.00. The summed E-state index contributed by atoms with van der Waals surface area (Å²) in [4.78, 5) is 13.2. The number of halogens is 2. The van der Waals surface area contributed by atoms with E-state index in [1.165, 1.54) is 4.90 Å². The Morgan fingerprint density at radius 1 is 1.75 bits per heavy atom. The minimum atomic E-state index is -0.0406. The molecule has 1 unspecified atom stereocenters. The summed E-state index contributed by atoms with van der Waals surface area (Å²) < 4.78 is 0.493. The van der Waals surface area contributed by atoms with Crippen LogP contribution in [0.25, 0.3) is 0 Å². The van der Waals surface area contributed by atoms with Gasteiger partial charge in [0.2, 0.25) is 5.91 Å². The lowest BCUT2D eigenvalue weighted by Crippen LogP contribution is -2.25. The zero-order chi connectivity index (χ0) is 11.7. The van der Waals surface area contributed by atoms with Crippen LogP contribution in [0.3, 0.4) is 0 Å². The SMILES string of the molecule is N#Cc1c(N2CC(CCl)CC2=O)n[nH]c1Br. The molecule has 7 heteroatoms. The van der Waals surface area contributed by atoms with Gasteiger partial charge in [0.1, 0.15) is 16.2 Å². The van der Waals surface area contributed by atoms with E-state index in [9.17, 15) is 4.79 Å². The predicted molar refractivity (Wildman–Crippen MR) is 62.2 cm³/mol. The van der Waals surface area contributed by atoms with Gasteiger partial charge in [0.25, 0.3) is 0 Å². The Hall–Kier alpha value is -1.06. The average molecular weight is 304 g/mol. The highest BCUT2D eigenvalue weighted by Crippen LogP contribution is 2.29. The van der Waals surface area contributed by atoms with Gasteiger partial charge in [-0.25, -0.2) is 0 Å². The number of hydrogen-bond acceptors (Lipinski definition) is 3. The molecule has 5 nitrogen and oxygen atoms in total. The summed E-state index contributed by atoms with van der Waals surface area (Å²) in [5.74, 6) is 0.916. The summed E-state index contributed by atoms with van der Waals surface area (Å²) in [6, 6.07) is 2.01. The zero-order valence-corrected chi connectivity index (χ0v) is 10.5. The maximum atomic E-state index is 11.7. The first-order valence-electron chi connectivity index (χ1n) is 4.67. The number of aromatic nitrogens is 2. The van der Waals surface area contributed by atoms with Crippen molar-refractivity contribution in [2.75, 3.05) is 17.3 Å². The molecular weight excluding hydrogens is 295 g/mol. The highest BCUT2D eigenvalue weighted by atomic mass is 79.9. The van der Waals surface area contributed by atoms with Crippen molar-refractivity contribution in [2.24, 2.45) is 5.92 Å². The molecule has 0 aromatic carbocycles. The van der Waals surface area contributed by atoms with Crippen molar-refractivity contribution in [2.45, 2.75) is 6.42 Å². The number of hydrogen-bond donors (Lipinski definition) is 1. The lowest BCUT2D eigenvalue weighted by Gasteiger charge is -2.12. The number of nitriles is 1. The molecule has 0 radical (unpaired) electrons. The summed E-state index contributed by atoms with van der Waals surface area (Å²) >= 11 is 8.90. The Balaban J connectivity index is 2.32. The molecule has 0 saturated carbocycles. The molecule has 0 bridgehead atoms. The number of anilines is 1. The van der Waals surface area contributed by atoms with Gasteiger partial charge in [-0.1, -0.05) is 0 Å². The fourth-order valence-corrected chi connectivity index (χ4v) is 2.26. The summed E-state index contributed by atoms with van der Waals surface area (Å²) in [5, 5.41) is 15.5. The molecule has 1 fully saturated rings.